The first-order chi connectivity index (χ1) is 8.08. The van der Waals surface area contributed by atoms with Crippen LogP contribution in [-0.4, -0.2) is 21.2 Å². The minimum absolute atomic E-state index is 0. The van der Waals surface area contributed by atoms with Crippen molar-refractivity contribution in [2.45, 2.75) is 78.3 Å². The van der Waals surface area contributed by atoms with E-state index in [4.69, 9.17) is 0 Å². The SMILES string of the molecule is C[C-](C)N([O])C(C)(C)C[C-]1CCCC(C)(C)N1[O].[Y].[Y]. The Hall–Kier alpha value is 2.05. The van der Waals surface area contributed by atoms with E-state index < -0.39 is 5.54 Å². The van der Waals surface area contributed by atoms with Gasteiger partial charge in [0.1, 0.15) is 0 Å². The molecule has 0 unspecified atom stereocenters. The van der Waals surface area contributed by atoms with Crippen molar-refractivity contribution in [2.75, 3.05) is 0 Å². The van der Waals surface area contributed by atoms with Crippen molar-refractivity contribution in [2.24, 2.45) is 0 Å². The Labute approximate surface area is 174 Å². The Morgan fingerprint density at radius 3 is 2.25 bits per heavy atom. The molecule has 1 aliphatic rings. The predicted molar refractivity (Wildman–Crippen MR) is 69.5 cm³/mol. The summed E-state index contributed by atoms with van der Waals surface area (Å²) in [7, 11) is 0. The van der Waals surface area contributed by atoms with Gasteiger partial charge in [-0.15, -0.1) is 6.42 Å². The smallest absolute Gasteiger partial charge is 0.0114 e. The van der Waals surface area contributed by atoms with Crippen molar-refractivity contribution in [1.82, 2.24) is 10.1 Å². The summed E-state index contributed by atoms with van der Waals surface area (Å²) in [4.78, 5) is 0. The molecule has 1 rings (SSSR count). The van der Waals surface area contributed by atoms with Crippen LogP contribution in [0.4, 0.5) is 0 Å². The zero-order valence-corrected chi connectivity index (χ0v) is 19.4. The number of hydrogen-bond donors (Lipinski definition) is 0. The summed E-state index contributed by atoms with van der Waals surface area (Å²) in [6.45, 7) is 11.3. The minimum atomic E-state index is -0.551. The molecule has 4 radical (unpaired) electrons. The van der Waals surface area contributed by atoms with Gasteiger partial charge in [0.05, 0.1) is 0 Å². The molecule has 1 heterocycles. The van der Waals surface area contributed by atoms with E-state index in [-0.39, 0.29) is 71.0 Å². The fraction of sp³-hybridized carbons (Fsp3) is 0.857. The first-order valence-electron chi connectivity index (χ1n) is 6.67. The van der Waals surface area contributed by atoms with Crippen molar-refractivity contribution in [3.8, 4) is 0 Å². The van der Waals surface area contributed by atoms with Crippen molar-refractivity contribution in [3.05, 3.63) is 12.1 Å². The Morgan fingerprint density at radius 1 is 1.30 bits per heavy atom. The zero-order valence-electron chi connectivity index (χ0n) is 13.7. The van der Waals surface area contributed by atoms with E-state index in [9.17, 15) is 10.4 Å². The van der Waals surface area contributed by atoms with E-state index in [1.807, 2.05) is 27.7 Å². The first-order valence-corrected chi connectivity index (χ1v) is 6.67. The van der Waals surface area contributed by atoms with Crippen LogP contribution in [0.5, 0.6) is 0 Å². The van der Waals surface area contributed by atoms with Gasteiger partial charge in [0.15, 0.2) is 0 Å². The van der Waals surface area contributed by atoms with Gasteiger partial charge >= 0.3 is 0 Å². The number of nitrogens with zero attached hydrogens (tertiary/aromatic N) is 2. The van der Waals surface area contributed by atoms with Gasteiger partial charge in [-0.05, 0) is 39.7 Å². The number of rotatable bonds is 4. The normalized spacial score (nSPS) is 20.7. The molecule has 4 nitrogen and oxygen atoms in total. The second-order valence-electron chi connectivity index (χ2n) is 6.76. The van der Waals surface area contributed by atoms with Crippen LogP contribution in [0.2, 0.25) is 0 Å². The first kappa shape index (κ1) is 24.3. The zero-order chi connectivity index (χ0) is 14.1. The molecule has 0 aliphatic carbocycles. The Kier molecular flexibility index (Phi) is 11.4. The molecular weight excluding hydrogens is 406 g/mol. The van der Waals surface area contributed by atoms with Crippen molar-refractivity contribution < 1.29 is 75.8 Å². The Morgan fingerprint density at radius 2 is 1.80 bits per heavy atom. The average Bonchev–Trinajstić information content (AvgIpc) is 2.23. The standard InChI is InChI=1S/C14H26N2O2.2Y/c1-11(2)15(17)14(5,6)10-12-8-7-9-13(3,4)16(12)18;;/h7-10H2,1-6H3;;/q-2;;. The quantitative estimate of drug-likeness (QED) is 0.505. The molecule has 0 aromatic rings. The molecule has 0 spiro atoms. The molecule has 20 heavy (non-hydrogen) atoms. The van der Waals surface area contributed by atoms with Gasteiger partial charge in [0.2, 0.25) is 0 Å². The predicted octanol–water partition coefficient (Wildman–Crippen LogP) is 3.51. The second-order valence-corrected chi connectivity index (χ2v) is 6.76. The summed E-state index contributed by atoms with van der Waals surface area (Å²) in [5.41, 5.74) is -0.882. The Bertz CT molecular complexity index is 286. The summed E-state index contributed by atoms with van der Waals surface area (Å²) >= 11 is 0. The second kappa shape index (κ2) is 9.37. The van der Waals surface area contributed by atoms with Gasteiger partial charge < -0.3 is 0 Å². The van der Waals surface area contributed by atoms with Crippen LogP contribution < -0.4 is 0 Å². The van der Waals surface area contributed by atoms with Crippen molar-refractivity contribution in [1.29, 1.82) is 0 Å². The van der Waals surface area contributed by atoms with E-state index in [0.29, 0.717) is 6.42 Å². The van der Waals surface area contributed by atoms with E-state index in [0.717, 1.165) is 41.5 Å². The van der Waals surface area contributed by atoms with Crippen LogP contribution in [0.3, 0.4) is 0 Å². The topological polar surface area (TPSA) is 46.3 Å². The van der Waals surface area contributed by atoms with E-state index in [1.54, 1.807) is 13.8 Å². The summed E-state index contributed by atoms with van der Waals surface area (Å²) in [6.07, 6.45) is 3.30. The largest absolute Gasteiger partial charge is 0.298 e. The van der Waals surface area contributed by atoms with Gasteiger partial charge in [0.25, 0.3) is 0 Å². The molecule has 1 aliphatic heterocycles. The van der Waals surface area contributed by atoms with Gasteiger partial charge in [-0.25, -0.2) is 12.1 Å². The van der Waals surface area contributed by atoms with E-state index in [1.165, 1.54) is 0 Å². The molecule has 0 saturated carbocycles. The minimum Gasteiger partial charge on any atom is -0.298 e. The third kappa shape index (κ3) is 6.27. The molecule has 0 aromatic heterocycles. The van der Waals surface area contributed by atoms with Crippen LogP contribution >= 0.6 is 0 Å². The maximum Gasteiger partial charge on any atom is 0.0114 e. The fourth-order valence-electron chi connectivity index (χ4n) is 2.69. The molecule has 0 amide bonds. The molecule has 6 heteroatoms. The fourth-order valence-corrected chi connectivity index (χ4v) is 2.69. The van der Waals surface area contributed by atoms with Crippen molar-refractivity contribution >= 4 is 0 Å². The third-order valence-electron chi connectivity index (χ3n) is 3.68. The molecule has 0 bridgehead atoms. The summed E-state index contributed by atoms with van der Waals surface area (Å²) in [6, 6.07) is 1.59. The monoisotopic (exact) mass is 432 g/mol. The van der Waals surface area contributed by atoms with Crippen LogP contribution in [0.15, 0.2) is 0 Å². The number of hydrogen-bond acceptors (Lipinski definition) is 2. The summed E-state index contributed by atoms with van der Waals surface area (Å²) in [5.74, 6) is 0. The van der Waals surface area contributed by atoms with Gasteiger partial charge in [-0.2, -0.15) is 30.7 Å². The molecule has 0 N–H and O–H groups in total. The van der Waals surface area contributed by atoms with Gasteiger partial charge in [-0.3, -0.25) is 10.1 Å². The molecule has 1 saturated heterocycles. The molecular formula is C14H26N2O2Y2-2. The van der Waals surface area contributed by atoms with Crippen LogP contribution in [0.25, 0.3) is 0 Å². The molecule has 112 valence electrons. The van der Waals surface area contributed by atoms with Crippen molar-refractivity contribution in [3.63, 3.8) is 0 Å². The summed E-state index contributed by atoms with van der Waals surface area (Å²) < 4.78 is 0. The summed E-state index contributed by atoms with van der Waals surface area (Å²) in [5, 5.41) is 26.5. The van der Waals surface area contributed by atoms with Crippen LogP contribution in [-0.2, 0) is 75.8 Å². The van der Waals surface area contributed by atoms with E-state index in [2.05, 4.69) is 0 Å². The van der Waals surface area contributed by atoms with Crippen LogP contribution in [0.1, 0.15) is 67.2 Å². The van der Waals surface area contributed by atoms with Crippen LogP contribution in [0, 0.1) is 12.1 Å². The maximum absolute atomic E-state index is 12.3. The average molecular weight is 432 g/mol. The molecule has 1 fully saturated rings. The third-order valence-corrected chi connectivity index (χ3v) is 3.68. The van der Waals surface area contributed by atoms with Gasteiger partial charge in [-0.1, -0.05) is 6.42 Å². The Balaban J connectivity index is 0. The number of hydroxylamine groups is 4. The maximum atomic E-state index is 12.3. The van der Waals surface area contributed by atoms with E-state index >= 15 is 0 Å². The molecule has 0 aromatic carbocycles. The molecule has 0 atom stereocenters. The van der Waals surface area contributed by atoms with Gasteiger partial charge in [0, 0.05) is 71.0 Å². The number of piperidine rings is 1.